The number of likely N-dealkylation sites (N-methyl/N-ethyl adjacent to an activating group) is 1. The van der Waals surface area contributed by atoms with Crippen LogP contribution in [-0.4, -0.2) is 105 Å². The van der Waals surface area contributed by atoms with E-state index in [-0.39, 0.29) is 49.0 Å². The number of nitrogens with two attached hydrogens (primary N) is 1. The Morgan fingerprint density at radius 3 is 2.56 bits per heavy atom. The number of benzene rings is 1. The normalized spacial score (nSPS) is 39.3. The number of ketones is 2. The third kappa shape index (κ3) is 2.57. The average Bonchev–Trinajstić information content (AvgIpc) is 3.14. The zero-order valence-corrected chi connectivity index (χ0v) is 20.4. The van der Waals surface area contributed by atoms with Crippen LogP contribution in [0.25, 0.3) is 0 Å². The van der Waals surface area contributed by atoms with Gasteiger partial charge < -0.3 is 0 Å². The summed E-state index contributed by atoms with van der Waals surface area (Å²) in [5.74, 6) is -3.53. The Kier molecular flexibility index (Phi) is 4.66. The van der Waals surface area contributed by atoms with E-state index in [0.717, 1.165) is 4.46 Å². The van der Waals surface area contributed by atoms with Gasteiger partial charge in [0.15, 0.2) is 0 Å². The van der Waals surface area contributed by atoms with Crippen LogP contribution in [0.5, 0.6) is 0 Å². The van der Waals surface area contributed by atoms with Gasteiger partial charge in [0.05, 0.1) is 0 Å². The molecule has 3 fully saturated rings. The number of aliphatic hydroxyl groups is 1. The van der Waals surface area contributed by atoms with E-state index in [0.29, 0.717) is 6.54 Å². The van der Waals surface area contributed by atoms with Crippen molar-refractivity contribution >= 4 is 37.1 Å². The molecule has 3 N–H and O–H groups in total. The van der Waals surface area contributed by atoms with E-state index in [9.17, 15) is 19.5 Å². The monoisotopic (exact) mass is 535 g/mol. The van der Waals surface area contributed by atoms with Crippen LogP contribution in [0, 0.1) is 5.92 Å². The van der Waals surface area contributed by atoms with E-state index in [1.54, 1.807) is 11.8 Å². The molecule has 10 nitrogen and oxygen atoms in total. The number of piperazine rings is 1. The van der Waals surface area contributed by atoms with E-state index in [2.05, 4.69) is 0 Å². The summed E-state index contributed by atoms with van der Waals surface area (Å²) in [4.78, 5) is 43.7. The zero-order chi connectivity index (χ0) is 24.0. The molecule has 11 heteroatoms. The molecule has 5 aliphatic rings. The van der Waals surface area contributed by atoms with Crippen LogP contribution in [0.3, 0.4) is 0 Å². The van der Waals surface area contributed by atoms with E-state index in [4.69, 9.17) is 19.9 Å². The molecule has 1 aromatic rings. The van der Waals surface area contributed by atoms with Gasteiger partial charge in [-0.15, -0.1) is 0 Å². The second kappa shape index (κ2) is 7.13. The van der Waals surface area contributed by atoms with Crippen molar-refractivity contribution in [2.75, 3.05) is 33.4 Å². The fourth-order valence-electron chi connectivity index (χ4n) is 6.20. The molecule has 0 radical (unpaired) electrons. The Morgan fingerprint density at radius 2 is 1.91 bits per heavy atom. The number of ether oxygens (including phenoxy) is 3. The van der Waals surface area contributed by atoms with Gasteiger partial charge >= 0.3 is 202 Å². The molecule has 0 saturated carbocycles. The first-order valence-corrected chi connectivity index (χ1v) is 12.9. The van der Waals surface area contributed by atoms with Gasteiger partial charge in [0.1, 0.15) is 0 Å². The molecule has 6 rings (SSSR count). The topological polar surface area (TPSA) is 131 Å². The Hall–Kier alpha value is -2.27. The SMILES string of the molecule is CN1[C@H]2[C@@H]1CN1C3=C(C(=O)C4(OCCO4)C(C)([Se]c4ccccc4)C3=O)[C@H](COC(N)=O)[C@@]21O. The minimum atomic E-state index is -1.80. The van der Waals surface area contributed by atoms with Gasteiger partial charge in [-0.25, -0.2) is 0 Å². The van der Waals surface area contributed by atoms with Crippen molar-refractivity contribution in [2.45, 2.75) is 34.8 Å². The molecule has 1 spiro atoms. The third-order valence-corrected chi connectivity index (χ3v) is 10.7. The standard InChI is InChI=1S/C23H25N3O7Se/c1-21(34-12-6-4-3-5-7-12)19(28)16-15(18(27)23(21)32-8-9-33-23)13(11-31-20(24)29)22(30)17-14(25(17)2)10-26(16)22/h3-7,13-14,17,30H,8-11H2,1-2H3,(H2,24,29)/t13-,14-,17-,21?,22+,25?/m0/s1. The summed E-state index contributed by atoms with van der Waals surface area (Å²) < 4.78 is 16.7. The molecular weight excluding hydrogens is 509 g/mol. The maximum atomic E-state index is 14.4. The van der Waals surface area contributed by atoms with Crippen molar-refractivity contribution in [3.05, 3.63) is 41.6 Å². The van der Waals surface area contributed by atoms with E-state index < -0.39 is 48.6 Å². The van der Waals surface area contributed by atoms with Gasteiger partial charge in [-0.05, 0) is 0 Å². The molecular formula is C23H25N3O7Se. The number of carbonyl (C=O) groups is 3. The molecule has 1 aromatic carbocycles. The van der Waals surface area contributed by atoms with E-state index in [1.165, 1.54) is 0 Å². The van der Waals surface area contributed by atoms with Crippen LogP contribution in [-0.2, 0) is 23.8 Å². The Morgan fingerprint density at radius 1 is 1.24 bits per heavy atom. The Balaban J connectivity index is 1.51. The number of amides is 1. The first kappa shape index (κ1) is 22.2. The molecule has 3 saturated heterocycles. The third-order valence-electron chi connectivity index (χ3n) is 7.83. The molecule has 4 heterocycles. The number of allylic oxidation sites excluding steroid dienone is 1. The molecule has 4 aliphatic heterocycles. The minimum absolute atomic E-state index is 0.0405. The summed E-state index contributed by atoms with van der Waals surface area (Å²) in [5.41, 5.74) is 3.94. The quantitative estimate of drug-likeness (QED) is 0.360. The van der Waals surface area contributed by atoms with Crippen LogP contribution < -0.4 is 10.2 Å². The number of nitrogens with zero attached hydrogens (tertiary/aromatic N) is 2. The van der Waals surface area contributed by atoms with Crippen LogP contribution in [0.1, 0.15) is 6.92 Å². The fourth-order valence-corrected chi connectivity index (χ4v) is 8.93. The second-order valence-corrected chi connectivity index (χ2v) is 12.6. The zero-order valence-electron chi connectivity index (χ0n) is 18.7. The average molecular weight is 534 g/mol. The number of carbonyl (C=O) groups excluding carboxylic acids is 3. The molecule has 1 aliphatic carbocycles. The molecule has 180 valence electrons. The molecule has 2 unspecified atom stereocenters. The van der Waals surface area contributed by atoms with Gasteiger partial charge in [-0.3, -0.25) is 0 Å². The first-order chi connectivity index (χ1) is 16.2. The van der Waals surface area contributed by atoms with Crippen molar-refractivity contribution in [1.82, 2.24) is 9.80 Å². The van der Waals surface area contributed by atoms with Crippen LogP contribution in [0.4, 0.5) is 4.79 Å². The van der Waals surface area contributed by atoms with Crippen LogP contribution in [0.2, 0.25) is 4.31 Å². The summed E-state index contributed by atoms with van der Waals surface area (Å²) in [7, 11) is 1.88. The summed E-state index contributed by atoms with van der Waals surface area (Å²) in [5, 5.41) is 12.0. The number of hydrogen-bond donors (Lipinski definition) is 2. The van der Waals surface area contributed by atoms with Crippen molar-refractivity contribution in [1.29, 1.82) is 0 Å². The molecule has 34 heavy (non-hydrogen) atoms. The van der Waals surface area contributed by atoms with Gasteiger partial charge in [-0.2, -0.15) is 0 Å². The molecule has 0 aromatic heterocycles. The predicted octanol–water partition coefficient (Wildman–Crippen LogP) is -1.24. The summed E-state index contributed by atoms with van der Waals surface area (Å²) in [6.45, 7) is 2.14. The molecule has 1 amide bonds. The summed E-state index contributed by atoms with van der Waals surface area (Å²) in [6.07, 6.45) is -1.02. The summed E-state index contributed by atoms with van der Waals surface area (Å²) >= 11 is -0.525. The van der Waals surface area contributed by atoms with Gasteiger partial charge in [0.25, 0.3) is 0 Å². The van der Waals surface area contributed by atoms with Crippen molar-refractivity contribution in [2.24, 2.45) is 11.7 Å². The summed E-state index contributed by atoms with van der Waals surface area (Å²) in [6, 6.07) is 9.25. The van der Waals surface area contributed by atoms with Crippen LogP contribution >= 0.6 is 0 Å². The maximum absolute atomic E-state index is 14.4. The second-order valence-electron chi connectivity index (χ2n) is 9.44. The van der Waals surface area contributed by atoms with Crippen molar-refractivity contribution in [3.63, 3.8) is 0 Å². The fraction of sp³-hybridized carbons (Fsp3) is 0.522. The van der Waals surface area contributed by atoms with Crippen molar-refractivity contribution < 1.29 is 33.7 Å². The van der Waals surface area contributed by atoms with Gasteiger partial charge in [0, 0.05) is 0 Å². The molecule has 0 bridgehead atoms. The van der Waals surface area contributed by atoms with Crippen molar-refractivity contribution in [3.8, 4) is 0 Å². The number of fused-ring (bicyclic) bond motifs is 4. The van der Waals surface area contributed by atoms with Crippen LogP contribution in [0.15, 0.2) is 41.6 Å². The Bertz CT molecular complexity index is 1140. The molecule has 6 atom stereocenters. The van der Waals surface area contributed by atoms with E-state index in [1.807, 2.05) is 42.3 Å². The first-order valence-electron chi connectivity index (χ1n) is 11.2. The number of hydrogen-bond acceptors (Lipinski definition) is 9. The van der Waals surface area contributed by atoms with Gasteiger partial charge in [0.2, 0.25) is 0 Å². The number of Topliss-reactive ketones (excluding diaryl/α,β-unsaturated/α-hetero) is 2. The predicted molar refractivity (Wildman–Crippen MR) is 118 cm³/mol. The van der Waals surface area contributed by atoms with Gasteiger partial charge in [-0.1, -0.05) is 0 Å². The Labute approximate surface area is 202 Å². The number of rotatable bonds is 4. The number of primary amides is 1. The van der Waals surface area contributed by atoms with E-state index >= 15 is 0 Å².